The SMILES string of the molecule is O=C(NCc1ccc(OC(F)(F)F)cc1)c1cccc2c1OCO2. The van der Waals surface area contributed by atoms with Gasteiger partial charge >= 0.3 is 6.36 Å². The standard InChI is InChI=1S/C16H12F3NO4/c17-16(18,19)24-11-6-4-10(5-7-11)8-20-15(21)12-2-1-3-13-14(12)23-9-22-13/h1-7H,8-9H2,(H,20,21). The van der Waals surface area contributed by atoms with Crippen LogP contribution >= 0.6 is 0 Å². The molecule has 1 N–H and O–H groups in total. The molecule has 3 rings (SSSR count). The number of carbonyl (C=O) groups is 1. The molecule has 2 aromatic rings. The zero-order valence-corrected chi connectivity index (χ0v) is 12.2. The number of alkyl halides is 3. The van der Waals surface area contributed by atoms with Crippen LogP contribution in [0.5, 0.6) is 17.2 Å². The number of amides is 1. The predicted molar refractivity (Wildman–Crippen MR) is 76.9 cm³/mol. The second-order valence-corrected chi connectivity index (χ2v) is 4.91. The summed E-state index contributed by atoms with van der Waals surface area (Å²) in [6.45, 7) is 0.204. The van der Waals surface area contributed by atoms with Crippen LogP contribution in [0.15, 0.2) is 42.5 Å². The monoisotopic (exact) mass is 339 g/mol. The largest absolute Gasteiger partial charge is 0.573 e. The molecule has 0 radical (unpaired) electrons. The first kappa shape index (κ1) is 16.0. The van der Waals surface area contributed by atoms with E-state index in [1.165, 1.54) is 24.3 Å². The van der Waals surface area contributed by atoms with E-state index in [-0.39, 0.29) is 25.0 Å². The van der Waals surface area contributed by atoms with E-state index in [0.717, 1.165) is 0 Å². The molecule has 0 aromatic heterocycles. The first-order valence-electron chi connectivity index (χ1n) is 6.94. The maximum Gasteiger partial charge on any atom is 0.573 e. The lowest BCUT2D eigenvalue weighted by Crippen LogP contribution is -2.23. The maximum atomic E-state index is 12.2. The van der Waals surface area contributed by atoms with Gasteiger partial charge in [-0.2, -0.15) is 0 Å². The highest BCUT2D eigenvalue weighted by Crippen LogP contribution is 2.35. The van der Waals surface area contributed by atoms with Crippen molar-refractivity contribution in [3.63, 3.8) is 0 Å². The average Bonchev–Trinajstić information content (AvgIpc) is 3.01. The summed E-state index contributed by atoms with van der Waals surface area (Å²) in [5.41, 5.74) is 0.963. The molecule has 1 heterocycles. The summed E-state index contributed by atoms with van der Waals surface area (Å²) in [6.07, 6.45) is -4.73. The Morgan fingerprint density at radius 3 is 2.58 bits per heavy atom. The quantitative estimate of drug-likeness (QED) is 0.929. The van der Waals surface area contributed by atoms with Crippen LogP contribution in [0.3, 0.4) is 0 Å². The summed E-state index contributed by atoms with van der Waals surface area (Å²) in [5, 5.41) is 2.68. The van der Waals surface area contributed by atoms with Crippen LogP contribution in [-0.4, -0.2) is 19.1 Å². The van der Waals surface area contributed by atoms with Gasteiger partial charge in [0.2, 0.25) is 6.79 Å². The molecule has 0 aliphatic carbocycles. The fraction of sp³-hybridized carbons (Fsp3) is 0.188. The van der Waals surface area contributed by atoms with Gasteiger partial charge in [0.15, 0.2) is 11.5 Å². The summed E-state index contributed by atoms with van der Waals surface area (Å²) in [6, 6.07) is 10.2. The molecule has 1 amide bonds. The van der Waals surface area contributed by atoms with E-state index >= 15 is 0 Å². The van der Waals surface area contributed by atoms with Crippen molar-refractivity contribution < 1.29 is 32.2 Å². The van der Waals surface area contributed by atoms with Crippen molar-refractivity contribution in [3.8, 4) is 17.2 Å². The van der Waals surface area contributed by atoms with Crippen LogP contribution in [0, 0.1) is 0 Å². The Labute approximate surface area is 134 Å². The second-order valence-electron chi connectivity index (χ2n) is 4.91. The van der Waals surface area contributed by atoms with Crippen molar-refractivity contribution in [2.45, 2.75) is 12.9 Å². The van der Waals surface area contributed by atoms with Crippen molar-refractivity contribution in [3.05, 3.63) is 53.6 Å². The molecule has 2 aromatic carbocycles. The van der Waals surface area contributed by atoms with Gasteiger partial charge in [-0.05, 0) is 29.8 Å². The molecule has 0 saturated heterocycles. The Morgan fingerprint density at radius 1 is 1.12 bits per heavy atom. The van der Waals surface area contributed by atoms with E-state index in [0.29, 0.717) is 22.6 Å². The average molecular weight is 339 g/mol. The first-order chi connectivity index (χ1) is 11.4. The van der Waals surface area contributed by atoms with Gasteiger partial charge in [0.05, 0.1) is 5.56 Å². The highest BCUT2D eigenvalue weighted by Gasteiger charge is 2.31. The van der Waals surface area contributed by atoms with Crippen LogP contribution in [0.4, 0.5) is 13.2 Å². The van der Waals surface area contributed by atoms with Gasteiger partial charge in [-0.1, -0.05) is 18.2 Å². The van der Waals surface area contributed by atoms with Crippen LogP contribution in [0.25, 0.3) is 0 Å². The van der Waals surface area contributed by atoms with E-state index in [9.17, 15) is 18.0 Å². The lowest BCUT2D eigenvalue weighted by Gasteiger charge is -2.10. The molecule has 0 spiro atoms. The third-order valence-corrected chi connectivity index (χ3v) is 3.25. The number of nitrogens with one attached hydrogen (secondary N) is 1. The molecule has 0 fully saturated rings. The lowest BCUT2D eigenvalue weighted by molar-refractivity contribution is -0.274. The molecule has 1 aliphatic rings. The predicted octanol–water partition coefficient (Wildman–Crippen LogP) is 3.24. The van der Waals surface area contributed by atoms with Crippen LogP contribution in [-0.2, 0) is 6.54 Å². The van der Waals surface area contributed by atoms with E-state index in [4.69, 9.17) is 9.47 Å². The topological polar surface area (TPSA) is 56.8 Å². The number of rotatable bonds is 4. The smallest absolute Gasteiger partial charge is 0.454 e. The zero-order chi connectivity index (χ0) is 17.2. The third kappa shape index (κ3) is 3.70. The Bertz CT molecular complexity index is 744. The maximum absolute atomic E-state index is 12.2. The highest BCUT2D eigenvalue weighted by atomic mass is 19.4. The van der Waals surface area contributed by atoms with Crippen LogP contribution in [0.2, 0.25) is 0 Å². The van der Waals surface area contributed by atoms with Crippen molar-refractivity contribution >= 4 is 5.91 Å². The highest BCUT2D eigenvalue weighted by molar-refractivity contribution is 5.97. The van der Waals surface area contributed by atoms with Gasteiger partial charge in [-0.25, -0.2) is 0 Å². The molecule has 0 bridgehead atoms. The van der Waals surface area contributed by atoms with Gasteiger partial charge < -0.3 is 19.5 Å². The number of hydrogen-bond acceptors (Lipinski definition) is 4. The minimum atomic E-state index is -4.73. The summed E-state index contributed by atoms with van der Waals surface area (Å²) >= 11 is 0. The molecule has 1 aliphatic heterocycles. The first-order valence-corrected chi connectivity index (χ1v) is 6.94. The summed E-state index contributed by atoms with van der Waals surface area (Å²) in [7, 11) is 0. The van der Waals surface area contributed by atoms with E-state index in [1.54, 1.807) is 18.2 Å². The number of para-hydroxylation sites is 1. The van der Waals surface area contributed by atoms with E-state index in [2.05, 4.69) is 10.1 Å². The summed E-state index contributed by atoms with van der Waals surface area (Å²) in [4.78, 5) is 12.2. The van der Waals surface area contributed by atoms with Gasteiger partial charge in [0, 0.05) is 6.54 Å². The Kier molecular flexibility index (Phi) is 4.20. The molecular formula is C16H12F3NO4. The van der Waals surface area contributed by atoms with Crippen LogP contribution < -0.4 is 19.5 Å². The number of hydrogen-bond donors (Lipinski definition) is 1. The Balaban J connectivity index is 1.62. The molecule has 0 atom stereocenters. The Morgan fingerprint density at radius 2 is 1.88 bits per heavy atom. The number of carbonyl (C=O) groups excluding carboxylic acids is 1. The lowest BCUT2D eigenvalue weighted by atomic mass is 10.1. The number of halogens is 3. The zero-order valence-electron chi connectivity index (χ0n) is 12.2. The van der Waals surface area contributed by atoms with Gasteiger partial charge in [-0.3, -0.25) is 4.79 Å². The molecule has 24 heavy (non-hydrogen) atoms. The van der Waals surface area contributed by atoms with Crippen molar-refractivity contribution in [2.24, 2.45) is 0 Å². The van der Waals surface area contributed by atoms with Crippen molar-refractivity contribution in [1.82, 2.24) is 5.32 Å². The van der Waals surface area contributed by atoms with Gasteiger partial charge in [-0.15, -0.1) is 13.2 Å². The molecule has 126 valence electrons. The van der Waals surface area contributed by atoms with E-state index in [1.807, 2.05) is 0 Å². The number of fused-ring (bicyclic) bond motifs is 1. The third-order valence-electron chi connectivity index (χ3n) is 3.25. The number of ether oxygens (including phenoxy) is 3. The molecule has 0 unspecified atom stereocenters. The fourth-order valence-electron chi connectivity index (χ4n) is 2.20. The van der Waals surface area contributed by atoms with Crippen LogP contribution in [0.1, 0.15) is 15.9 Å². The van der Waals surface area contributed by atoms with Crippen molar-refractivity contribution in [1.29, 1.82) is 0 Å². The summed E-state index contributed by atoms with van der Waals surface area (Å²) < 4.78 is 50.5. The summed E-state index contributed by atoms with van der Waals surface area (Å²) in [5.74, 6) is 0.192. The number of benzene rings is 2. The molecular weight excluding hydrogens is 327 g/mol. The van der Waals surface area contributed by atoms with Gasteiger partial charge in [0.1, 0.15) is 5.75 Å². The molecule has 0 saturated carbocycles. The Hall–Kier alpha value is -2.90. The van der Waals surface area contributed by atoms with E-state index < -0.39 is 6.36 Å². The normalized spacial score (nSPS) is 12.8. The minimum absolute atomic E-state index is 0.0558. The van der Waals surface area contributed by atoms with Crippen molar-refractivity contribution in [2.75, 3.05) is 6.79 Å². The van der Waals surface area contributed by atoms with Gasteiger partial charge in [0.25, 0.3) is 5.91 Å². The minimum Gasteiger partial charge on any atom is -0.454 e. The molecule has 5 nitrogen and oxygen atoms in total. The fourth-order valence-corrected chi connectivity index (χ4v) is 2.20. The second kappa shape index (κ2) is 6.31. The molecule has 8 heteroatoms.